The fourth-order valence-electron chi connectivity index (χ4n) is 3.36. The van der Waals surface area contributed by atoms with E-state index in [-0.39, 0.29) is 10.6 Å². The summed E-state index contributed by atoms with van der Waals surface area (Å²) in [6.07, 6.45) is 6.96. The Morgan fingerprint density at radius 1 is 1.07 bits per heavy atom. The van der Waals surface area contributed by atoms with Crippen molar-refractivity contribution in [1.29, 1.82) is 0 Å². The van der Waals surface area contributed by atoms with Crippen LogP contribution >= 0.6 is 0 Å². The molecule has 2 aromatic carbocycles. The van der Waals surface area contributed by atoms with Gasteiger partial charge in [-0.05, 0) is 17.7 Å². The number of nitro benzene ring substituents is 1. The van der Waals surface area contributed by atoms with Crippen LogP contribution in [-0.2, 0) is 13.1 Å². The summed E-state index contributed by atoms with van der Waals surface area (Å²) < 4.78 is 2.11. The van der Waals surface area contributed by atoms with E-state index in [1.165, 1.54) is 11.6 Å². The molecule has 2 heterocycles. The molecule has 7 nitrogen and oxygen atoms in total. The predicted molar refractivity (Wildman–Crippen MR) is 108 cm³/mol. The minimum Gasteiger partial charge on any atom is -0.367 e. The van der Waals surface area contributed by atoms with Crippen LogP contribution in [0, 0.1) is 10.1 Å². The highest BCUT2D eigenvalue weighted by Gasteiger charge is 2.17. The Labute approximate surface area is 162 Å². The molecule has 28 heavy (non-hydrogen) atoms. The number of aromatic nitrogens is 3. The standard InChI is InChI=1S/C21H19N5O2/c1-24(15-21-23-11-12-25(21)14-16-5-3-2-4-6-16)19-7-8-20(26(27)28)18-13-22-10-9-17(18)19/h2-13H,14-15H2,1H3. The molecule has 0 amide bonds. The van der Waals surface area contributed by atoms with E-state index in [9.17, 15) is 10.1 Å². The van der Waals surface area contributed by atoms with Gasteiger partial charge in [0, 0.05) is 55.5 Å². The van der Waals surface area contributed by atoms with Gasteiger partial charge in [0.05, 0.1) is 16.9 Å². The number of rotatable bonds is 6. The Bertz CT molecular complexity index is 1120. The summed E-state index contributed by atoms with van der Waals surface area (Å²) in [6.45, 7) is 1.32. The maximum Gasteiger partial charge on any atom is 0.278 e. The van der Waals surface area contributed by atoms with E-state index >= 15 is 0 Å². The third-order valence-electron chi connectivity index (χ3n) is 4.76. The predicted octanol–water partition coefficient (Wildman–Crippen LogP) is 4.02. The number of non-ortho nitro benzene ring substituents is 1. The van der Waals surface area contributed by atoms with Crippen molar-refractivity contribution in [3.05, 3.63) is 94.8 Å². The molecule has 0 fully saturated rings. The van der Waals surface area contributed by atoms with E-state index in [1.807, 2.05) is 37.5 Å². The second-order valence-electron chi connectivity index (χ2n) is 6.60. The quantitative estimate of drug-likeness (QED) is 0.377. The van der Waals surface area contributed by atoms with Crippen LogP contribution in [0.3, 0.4) is 0 Å². The van der Waals surface area contributed by atoms with E-state index in [0.29, 0.717) is 11.9 Å². The second kappa shape index (κ2) is 7.48. The molecule has 0 aliphatic rings. The zero-order valence-electron chi connectivity index (χ0n) is 15.4. The van der Waals surface area contributed by atoms with Gasteiger partial charge in [-0.15, -0.1) is 0 Å². The fourth-order valence-corrected chi connectivity index (χ4v) is 3.36. The number of pyridine rings is 1. The van der Waals surface area contributed by atoms with Crippen LogP contribution in [-0.4, -0.2) is 26.5 Å². The molecule has 4 aromatic rings. The van der Waals surface area contributed by atoms with Crippen LogP contribution in [0.15, 0.2) is 73.3 Å². The molecule has 0 radical (unpaired) electrons. The lowest BCUT2D eigenvalue weighted by Gasteiger charge is -2.21. The summed E-state index contributed by atoms with van der Waals surface area (Å²) in [5.74, 6) is 0.923. The lowest BCUT2D eigenvalue weighted by atomic mass is 10.1. The van der Waals surface area contributed by atoms with Gasteiger partial charge in [0.25, 0.3) is 5.69 Å². The summed E-state index contributed by atoms with van der Waals surface area (Å²) in [4.78, 5) is 21.6. The van der Waals surface area contributed by atoms with Crippen LogP contribution in [0.25, 0.3) is 10.8 Å². The SMILES string of the molecule is CN(Cc1nccn1Cc1ccccc1)c1ccc([N+](=O)[O-])c2cnccc12. The van der Waals surface area contributed by atoms with E-state index < -0.39 is 0 Å². The van der Waals surface area contributed by atoms with Gasteiger partial charge in [-0.2, -0.15) is 0 Å². The van der Waals surface area contributed by atoms with Crippen molar-refractivity contribution in [3.63, 3.8) is 0 Å². The minimum absolute atomic E-state index is 0.0610. The van der Waals surface area contributed by atoms with Crippen LogP contribution < -0.4 is 4.90 Å². The number of benzene rings is 2. The number of imidazole rings is 1. The topological polar surface area (TPSA) is 77.1 Å². The molecule has 0 unspecified atom stereocenters. The van der Waals surface area contributed by atoms with Gasteiger partial charge >= 0.3 is 0 Å². The number of anilines is 1. The maximum absolute atomic E-state index is 11.3. The smallest absolute Gasteiger partial charge is 0.278 e. The lowest BCUT2D eigenvalue weighted by molar-refractivity contribution is -0.383. The Morgan fingerprint density at radius 2 is 1.89 bits per heavy atom. The number of hydrogen-bond donors (Lipinski definition) is 0. The first-order valence-electron chi connectivity index (χ1n) is 8.89. The van der Waals surface area contributed by atoms with Gasteiger partial charge in [-0.25, -0.2) is 4.98 Å². The van der Waals surface area contributed by atoms with Crippen molar-refractivity contribution in [2.75, 3.05) is 11.9 Å². The van der Waals surface area contributed by atoms with Crippen LogP contribution in [0.1, 0.15) is 11.4 Å². The molecule has 0 atom stereocenters. The summed E-state index contributed by atoms with van der Waals surface area (Å²) >= 11 is 0. The monoisotopic (exact) mass is 373 g/mol. The zero-order valence-corrected chi connectivity index (χ0v) is 15.4. The molecule has 0 saturated carbocycles. The van der Waals surface area contributed by atoms with Crippen molar-refractivity contribution in [3.8, 4) is 0 Å². The number of fused-ring (bicyclic) bond motifs is 1. The molecule has 0 saturated heterocycles. The highest BCUT2D eigenvalue weighted by Crippen LogP contribution is 2.32. The third kappa shape index (κ3) is 3.42. The highest BCUT2D eigenvalue weighted by molar-refractivity contribution is 5.99. The first-order valence-corrected chi connectivity index (χ1v) is 8.89. The van der Waals surface area contributed by atoms with E-state index in [4.69, 9.17) is 0 Å². The van der Waals surface area contributed by atoms with Crippen molar-refractivity contribution in [1.82, 2.24) is 14.5 Å². The molecule has 0 spiro atoms. The van der Waals surface area contributed by atoms with Gasteiger partial charge in [-0.1, -0.05) is 30.3 Å². The summed E-state index contributed by atoms with van der Waals surface area (Å²) in [6, 6.07) is 15.3. The summed E-state index contributed by atoms with van der Waals surface area (Å²) in [5, 5.41) is 12.7. The fraction of sp³-hybridized carbons (Fsp3) is 0.143. The molecule has 4 rings (SSSR count). The van der Waals surface area contributed by atoms with Gasteiger partial charge in [-0.3, -0.25) is 15.1 Å². The summed E-state index contributed by atoms with van der Waals surface area (Å²) in [5.41, 5.74) is 2.17. The Balaban J connectivity index is 1.64. The number of nitro groups is 1. The molecule has 140 valence electrons. The minimum atomic E-state index is -0.375. The van der Waals surface area contributed by atoms with Crippen molar-refractivity contribution < 1.29 is 4.92 Å². The van der Waals surface area contributed by atoms with Gasteiger partial charge in [0.2, 0.25) is 0 Å². The highest BCUT2D eigenvalue weighted by atomic mass is 16.6. The van der Waals surface area contributed by atoms with E-state index in [0.717, 1.165) is 23.4 Å². The Kier molecular flexibility index (Phi) is 4.72. The summed E-state index contributed by atoms with van der Waals surface area (Å²) in [7, 11) is 1.96. The average Bonchev–Trinajstić information content (AvgIpc) is 3.14. The second-order valence-corrected chi connectivity index (χ2v) is 6.60. The number of hydrogen-bond acceptors (Lipinski definition) is 5. The van der Waals surface area contributed by atoms with Crippen LogP contribution in [0.2, 0.25) is 0 Å². The van der Waals surface area contributed by atoms with Crippen LogP contribution in [0.5, 0.6) is 0 Å². The molecule has 7 heteroatoms. The largest absolute Gasteiger partial charge is 0.367 e. The van der Waals surface area contributed by atoms with Crippen molar-refractivity contribution >= 4 is 22.1 Å². The molecule has 0 bridgehead atoms. The average molecular weight is 373 g/mol. The molecule has 2 aromatic heterocycles. The molecule has 0 aliphatic heterocycles. The van der Waals surface area contributed by atoms with Gasteiger partial charge in [0.1, 0.15) is 5.82 Å². The van der Waals surface area contributed by atoms with Crippen LogP contribution in [0.4, 0.5) is 11.4 Å². The molecule has 0 aliphatic carbocycles. The molecular formula is C21H19N5O2. The van der Waals surface area contributed by atoms with Crippen molar-refractivity contribution in [2.24, 2.45) is 0 Å². The van der Waals surface area contributed by atoms with Gasteiger partial charge in [0.15, 0.2) is 0 Å². The number of nitrogens with zero attached hydrogens (tertiary/aromatic N) is 5. The van der Waals surface area contributed by atoms with Gasteiger partial charge < -0.3 is 9.47 Å². The molecular weight excluding hydrogens is 354 g/mol. The normalized spacial score (nSPS) is 10.9. The van der Waals surface area contributed by atoms with Crippen molar-refractivity contribution in [2.45, 2.75) is 13.1 Å². The lowest BCUT2D eigenvalue weighted by Crippen LogP contribution is -2.20. The Hall–Kier alpha value is -3.74. The Morgan fingerprint density at radius 3 is 2.68 bits per heavy atom. The first kappa shape index (κ1) is 17.7. The van der Waals surface area contributed by atoms with E-state index in [2.05, 4.69) is 31.6 Å². The van der Waals surface area contributed by atoms with E-state index in [1.54, 1.807) is 24.7 Å². The first-order chi connectivity index (χ1) is 13.6. The maximum atomic E-state index is 11.3. The zero-order chi connectivity index (χ0) is 19.5. The molecule has 0 N–H and O–H groups in total. The third-order valence-corrected chi connectivity index (χ3v) is 4.76.